The molecular weight excluding hydrogens is 424 g/mol. The molecule has 0 aliphatic rings. The lowest BCUT2D eigenvalue weighted by molar-refractivity contribution is 0.597. The van der Waals surface area contributed by atoms with Crippen molar-refractivity contribution in [1.82, 2.24) is 15.0 Å². The van der Waals surface area contributed by atoms with E-state index in [2.05, 4.69) is 19.7 Å². The van der Waals surface area contributed by atoms with E-state index >= 15 is 0 Å². The van der Waals surface area contributed by atoms with Crippen molar-refractivity contribution < 1.29 is 17.2 Å². The van der Waals surface area contributed by atoms with Crippen LogP contribution < -0.4 is 10.5 Å². The summed E-state index contributed by atoms with van der Waals surface area (Å²) in [4.78, 5) is 12.5. The topological polar surface area (TPSA) is 111 Å². The van der Waals surface area contributed by atoms with Crippen LogP contribution in [0.5, 0.6) is 0 Å². The molecule has 0 bridgehead atoms. The van der Waals surface area contributed by atoms with Gasteiger partial charge in [-0.1, -0.05) is 18.2 Å². The van der Waals surface area contributed by atoms with Crippen molar-refractivity contribution in [1.29, 1.82) is 0 Å². The van der Waals surface area contributed by atoms with Crippen LogP contribution in [0.3, 0.4) is 0 Å². The zero-order chi connectivity index (χ0) is 22.2. The molecule has 0 saturated heterocycles. The Kier molecular flexibility index (Phi) is 5.24. The molecule has 4 rings (SSSR count). The summed E-state index contributed by atoms with van der Waals surface area (Å²) in [7, 11) is -3.90. The molecule has 2 aromatic heterocycles. The van der Waals surface area contributed by atoms with Gasteiger partial charge in [0.25, 0.3) is 0 Å². The Morgan fingerprint density at radius 3 is 2.48 bits per heavy atom. The number of rotatable bonds is 5. The second-order valence-corrected chi connectivity index (χ2v) is 8.69. The van der Waals surface area contributed by atoms with Crippen molar-refractivity contribution in [3.05, 3.63) is 77.5 Å². The van der Waals surface area contributed by atoms with Gasteiger partial charge in [-0.3, -0.25) is 4.72 Å². The number of fused-ring (bicyclic) bond motifs is 1. The fraction of sp³-hybridized carbons (Fsp3) is 0.0952. The van der Waals surface area contributed by atoms with Crippen molar-refractivity contribution in [2.45, 2.75) is 12.7 Å². The molecule has 0 amide bonds. The Bertz CT molecular complexity index is 1390. The molecule has 158 valence electrons. The first-order valence-electron chi connectivity index (χ1n) is 9.15. The number of hydrogen-bond donors (Lipinski definition) is 2. The highest BCUT2D eigenvalue weighted by molar-refractivity contribution is 7.91. The minimum atomic E-state index is -3.90. The number of nitrogens with one attached hydrogen (secondary N) is 1. The van der Waals surface area contributed by atoms with Gasteiger partial charge in [0.2, 0.25) is 16.0 Å². The standard InChI is InChI=1S/C21H17F2N5O2S/c1-12-8-18(26-19-10-25-21(24)27-20(12)19)14-4-7-17(16(23)9-14)28-31(29,30)11-13-2-5-15(22)6-3-13/h2-10,28H,11H2,1H3,(H2,24,25,27). The molecule has 0 aliphatic heterocycles. The lowest BCUT2D eigenvalue weighted by atomic mass is 10.1. The van der Waals surface area contributed by atoms with Crippen LogP contribution >= 0.6 is 0 Å². The SMILES string of the molecule is Cc1cc(-c2ccc(NS(=O)(=O)Cc3ccc(F)cc3)c(F)c2)nc2cnc(N)nc12. The molecule has 3 N–H and O–H groups in total. The maximum Gasteiger partial charge on any atom is 0.237 e. The van der Waals surface area contributed by atoms with E-state index in [0.717, 1.165) is 17.7 Å². The largest absolute Gasteiger partial charge is 0.368 e. The highest BCUT2D eigenvalue weighted by Gasteiger charge is 2.16. The molecule has 2 heterocycles. The zero-order valence-electron chi connectivity index (χ0n) is 16.3. The van der Waals surface area contributed by atoms with Crippen molar-refractivity contribution in [2.24, 2.45) is 0 Å². The number of nitrogens with two attached hydrogens (primary N) is 1. The van der Waals surface area contributed by atoms with Gasteiger partial charge in [-0.05, 0) is 48.4 Å². The van der Waals surface area contributed by atoms with Gasteiger partial charge < -0.3 is 5.73 Å². The predicted octanol–water partition coefficient (Wildman–Crippen LogP) is 3.80. The third-order valence-electron chi connectivity index (χ3n) is 4.56. The van der Waals surface area contributed by atoms with Gasteiger partial charge in [-0.2, -0.15) is 0 Å². The predicted molar refractivity (Wildman–Crippen MR) is 115 cm³/mol. The molecular formula is C21H17F2N5O2S. The van der Waals surface area contributed by atoms with E-state index in [9.17, 15) is 17.2 Å². The molecule has 0 fully saturated rings. The maximum absolute atomic E-state index is 14.7. The Labute approximate surface area is 177 Å². The van der Waals surface area contributed by atoms with Crippen molar-refractivity contribution >= 4 is 32.7 Å². The van der Waals surface area contributed by atoms with Gasteiger partial charge in [0.15, 0.2) is 0 Å². The summed E-state index contributed by atoms with van der Waals surface area (Å²) < 4.78 is 54.6. The number of benzene rings is 2. The highest BCUT2D eigenvalue weighted by atomic mass is 32.2. The number of sulfonamides is 1. The fourth-order valence-corrected chi connectivity index (χ4v) is 4.31. The highest BCUT2D eigenvalue weighted by Crippen LogP contribution is 2.27. The second kappa shape index (κ2) is 7.88. The van der Waals surface area contributed by atoms with Gasteiger partial charge >= 0.3 is 0 Å². The van der Waals surface area contributed by atoms with Crippen LogP contribution in [0.15, 0.2) is 54.7 Å². The Morgan fingerprint density at radius 1 is 1.03 bits per heavy atom. The summed E-state index contributed by atoms with van der Waals surface area (Å²) in [6.07, 6.45) is 1.49. The third kappa shape index (κ3) is 4.58. The van der Waals surface area contributed by atoms with E-state index < -0.39 is 27.4 Å². The average Bonchev–Trinajstić information content (AvgIpc) is 2.71. The summed E-state index contributed by atoms with van der Waals surface area (Å²) in [5.41, 5.74) is 8.64. The van der Waals surface area contributed by atoms with E-state index in [0.29, 0.717) is 27.9 Å². The summed E-state index contributed by atoms with van der Waals surface area (Å²) in [6.45, 7) is 1.83. The summed E-state index contributed by atoms with van der Waals surface area (Å²) in [5, 5.41) is 0. The van der Waals surface area contributed by atoms with E-state index in [1.807, 2.05) is 6.92 Å². The molecule has 0 unspecified atom stereocenters. The lowest BCUT2D eigenvalue weighted by Gasteiger charge is -2.11. The van der Waals surface area contributed by atoms with Crippen molar-refractivity contribution in [3.8, 4) is 11.3 Å². The van der Waals surface area contributed by atoms with E-state index in [-0.39, 0.29) is 11.6 Å². The van der Waals surface area contributed by atoms with E-state index in [1.54, 1.807) is 12.1 Å². The molecule has 0 aliphatic carbocycles. The number of hydrogen-bond acceptors (Lipinski definition) is 6. The number of anilines is 2. The van der Waals surface area contributed by atoms with Crippen LogP contribution in [0, 0.1) is 18.6 Å². The normalized spacial score (nSPS) is 11.6. The van der Waals surface area contributed by atoms with Crippen LogP contribution in [-0.4, -0.2) is 23.4 Å². The number of nitrogen functional groups attached to an aromatic ring is 1. The first kappa shape index (κ1) is 20.6. The summed E-state index contributed by atoms with van der Waals surface area (Å²) in [6, 6.07) is 10.9. The molecule has 0 spiro atoms. The lowest BCUT2D eigenvalue weighted by Crippen LogP contribution is -2.16. The molecule has 0 atom stereocenters. The summed E-state index contributed by atoms with van der Waals surface area (Å²) in [5.74, 6) is -1.51. The van der Waals surface area contributed by atoms with Crippen LogP contribution in [0.1, 0.15) is 11.1 Å². The van der Waals surface area contributed by atoms with E-state index in [4.69, 9.17) is 5.73 Å². The van der Waals surface area contributed by atoms with Crippen LogP contribution in [0.2, 0.25) is 0 Å². The maximum atomic E-state index is 14.7. The number of pyridine rings is 1. The first-order chi connectivity index (χ1) is 14.7. The van der Waals surface area contributed by atoms with Crippen molar-refractivity contribution in [3.63, 3.8) is 0 Å². The quantitative estimate of drug-likeness (QED) is 0.487. The Morgan fingerprint density at radius 2 is 1.77 bits per heavy atom. The number of nitrogens with zero attached hydrogens (tertiary/aromatic N) is 3. The van der Waals surface area contributed by atoms with Gasteiger partial charge in [0.1, 0.15) is 17.2 Å². The van der Waals surface area contributed by atoms with Crippen LogP contribution in [0.4, 0.5) is 20.4 Å². The van der Waals surface area contributed by atoms with Gasteiger partial charge in [0, 0.05) is 5.56 Å². The minimum absolute atomic E-state index is 0.133. The molecule has 4 aromatic rings. The molecule has 2 aromatic carbocycles. The van der Waals surface area contributed by atoms with Crippen molar-refractivity contribution in [2.75, 3.05) is 10.5 Å². The van der Waals surface area contributed by atoms with Crippen LogP contribution in [-0.2, 0) is 15.8 Å². The smallest absolute Gasteiger partial charge is 0.237 e. The fourth-order valence-electron chi connectivity index (χ4n) is 3.11. The minimum Gasteiger partial charge on any atom is -0.368 e. The summed E-state index contributed by atoms with van der Waals surface area (Å²) >= 11 is 0. The second-order valence-electron chi connectivity index (χ2n) is 6.97. The Hall–Kier alpha value is -3.66. The van der Waals surface area contributed by atoms with Gasteiger partial charge in [-0.15, -0.1) is 0 Å². The number of aromatic nitrogens is 3. The van der Waals surface area contributed by atoms with Crippen LogP contribution in [0.25, 0.3) is 22.3 Å². The van der Waals surface area contributed by atoms with Gasteiger partial charge in [0.05, 0.1) is 28.8 Å². The van der Waals surface area contributed by atoms with Gasteiger partial charge in [-0.25, -0.2) is 32.2 Å². The zero-order valence-corrected chi connectivity index (χ0v) is 17.1. The third-order valence-corrected chi connectivity index (χ3v) is 5.80. The molecule has 0 saturated carbocycles. The Balaban J connectivity index is 1.60. The first-order valence-corrected chi connectivity index (χ1v) is 10.8. The number of aryl methyl sites for hydroxylation is 1. The molecule has 31 heavy (non-hydrogen) atoms. The number of halogens is 2. The molecule has 10 heteroatoms. The molecule has 0 radical (unpaired) electrons. The van der Waals surface area contributed by atoms with E-state index in [1.165, 1.54) is 30.5 Å². The monoisotopic (exact) mass is 441 g/mol. The molecule has 7 nitrogen and oxygen atoms in total. The average molecular weight is 441 g/mol.